The smallest absolute Gasteiger partial charge is 0.307 e. The van der Waals surface area contributed by atoms with Gasteiger partial charge in [-0.2, -0.15) is 0 Å². The Balaban J connectivity index is 0.000000273. The minimum Gasteiger partial charge on any atom is -0.544 e. The van der Waals surface area contributed by atoms with Crippen LogP contribution in [0.5, 0.6) is 0 Å². The molecule has 27 heavy (non-hydrogen) atoms. The van der Waals surface area contributed by atoms with Gasteiger partial charge >= 0.3 is 5.97 Å². The number of carbonyl (C=O) groups excluding carboxylic acids is 1. The number of hydrogen-bond acceptors (Lipinski definition) is 4. The molecule has 8 heteroatoms. The van der Waals surface area contributed by atoms with E-state index in [1.54, 1.807) is 36.4 Å². The maximum atomic E-state index is 10.8. The molecule has 1 atom stereocenters. The van der Waals surface area contributed by atoms with Crippen LogP contribution in [0.15, 0.2) is 42.5 Å². The van der Waals surface area contributed by atoms with Crippen LogP contribution in [0.4, 0.5) is 11.4 Å². The molecule has 0 aliphatic carbocycles. The summed E-state index contributed by atoms with van der Waals surface area (Å²) in [5.41, 5.74) is 1.93. The van der Waals surface area contributed by atoms with Crippen molar-refractivity contribution in [3.8, 4) is 0 Å². The maximum Gasteiger partial charge on any atom is 0.307 e. The number of rotatable bonds is 5. The van der Waals surface area contributed by atoms with Gasteiger partial charge in [0.2, 0.25) is 0 Å². The molecule has 0 saturated carbocycles. The van der Waals surface area contributed by atoms with Crippen LogP contribution in [0, 0.1) is 0 Å². The molecule has 4 N–H and O–H groups in total. The number of carbonyl (C=O) groups is 2. The first kappa shape index (κ1) is 21.0. The predicted molar refractivity (Wildman–Crippen MR) is 102 cm³/mol. The Morgan fingerprint density at radius 2 is 1.81 bits per heavy atom. The normalized spacial score (nSPS) is 15.6. The molecule has 1 aliphatic heterocycles. The lowest BCUT2D eigenvalue weighted by Crippen LogP contribution is -2.89. The number of anilines is 2. The molecule has 1 heterocycles. The van der Waals surface area contributed by atoms with Crippen molar-refractivity contribution in [1.82, 2.24) is 0 Å². The number of benzene rings is 2. The number of aliphatic carboxylic acids is 2. The van der Waals surface area contributed by atoms with Crippen LogP contribution in [0.25, 0.3) is 0 Å². The molecule has 1 saturated heterocycles. The highest BCUT2D eigenvalue weighted by atomic mass is 35.5. The largest absolute Gasteiger partial charge is 0.544 e. The molecular formula is C19H20Cl2N2O4. The van der Waals surface area contributed by atoms with Gasteiger partial charge in [-0.3, -0.25) is 4.79 Å². The number of carboxylic acid groups (broad SMARTS) is 2. The van der Waals surface area contributed by atoms with Gasteiger partial charge < -0.3 is 25.6 Å². The summed E-state index contributed by atoms with van der Waals surface area (Å²) in [6, 6.07) is 12.1. The fourth-order valence-corrected chi connectivity index (χ4v) is 3.19. The summed E-state index contributed by atoms with van der Waals surface area (Å²) in [5.74, 6) is -1.80. The fourth-order valence-electron chi connectivity index (χ4n) is 2.70. The molecule has 0 bridgehead atoms. The first-order valence-electron chi connectivity index (χ1n) is 8.43. The first-order valence-corrected chi connectivity index (χ1v) is 9.19. The van der Waals surface area contributed by atoms with Gasteiger partial charge in [-0.15, -0.1) is 0 Å². The fraction of sp³-hybridized carbons (Fsp3) is 0.263. The van der Waals surface area contributed by atoms with E-state index in [0.29, 0.717) is 27.0 Å². The van der Waals surface area contributed by atoms with Crippen molar-refractivity contribution in [3.05, 3.63) is 58.1 Å². The van der Waals surface area contributed by atoms with Gasteiger partial charge in [0.15, 0.2) is 0 Å². The summed E-state index contributed by atoms with van der Waals surface area (Å²) in [4.78, 5) is 20.9. The number of quaternary nitrogens is 1. The summed E-state index contributed by atoms with van der Waals surface area (Å²) >= 11 is 12.1. The predicted octanol–water partition coefficient (Wildman–Crippen LogP) is 1.83. The SMILES string of the molecule is O=C(O)Cc1ccccc1Nc1c(Cl)cccc1Cl.O=C([O-])[C@@H]1CCC[NH2+]1. The van der Waals surface area contributed by atoms with Gasteiger partial charge in [-0.1, -0.05) is 47.5 Å². The zero-order valence-electron chi connectivity index (χ0n) is 14.5. The van der Waals surface area contributed by atoms with E-state index >= 15 is 0 Å². The second kappa shape index (κ2) is 10.2. The van der Waals surface area contributed by atoms with E-state index in [4.69, 9.17) is 28.3 Å². The second-order valence-electron chi connectivity index (χ2n) is 6.04. The number of halogens is 2. The zero-order chi connectivity index (χ0) is 19.8. The quantitative estimate of drug-likeness (QED) is 0.696. The summed E-state index contributed by atoms with van der Waals surface area (Å²) < 4.78 is 0. The lowest BCUT2D eigenvalue weighted by molar-refractivity contribution is -0.664. The molecule has 144 valence electrons. The highest BCUT2D eigenvalue weighted by molar-refractivity contribution is 6.39. The summed E-state index contributed by atoms with van der Waals surface area (Å²) in [6.07, 6.45) is 1.73. The number of carboxylic acids is 2. The Kier molecular flexibility index (Phi) is 7.91. The van der Waals surface area contributed by atoms with E-state index in [1.807, 2.05) is 11.4 Å². The van der Waals surface area contributed by atoms with E-state index in [9.17, 15) is 14.7 Å². The maximum absolute atomic E-state index is 10.8. The zero-order valence-corrected chi connectivity index (χ0v) is 16.0. The third-order valence-corrected chi connectivity index (χ3v) is 4.68. The molecule has 2 aromatic carbocycles. The minimum absolute atomic E-state index is 0.0642. The molecule has 1 fully saturated rings. The Bertz CT molecular complexity index is 788. The highest BCUT2D eigenvalue weighted by Gasteiger charge is 2.18. The van der Waals surface area contributed by atoms with Crippen LogP contribution in [0.3, 0.4) is 0 Å². The Hall–Kier alpha value is -2.28. The lowest BCUT2D eigenvalue weighted by atomic mass is 10.1. The summed E-state index contributed by atoms with van der Waals surface area (Å²) in [5, 5.41) is 24.8. The third kappa shape index (κ3) is 6.43. The third-order valence-electron chi connectivity index (χ3n) is 4.05. The Morgan fingerprint density at radius 3 is 2.33 bits per heavy atom. The Morgan fingerprint density at radius 1 is 1.15 bits per heavy atom. The van der Waals surface area contributed by atoms with Crippen LogP contribution >= 0.6 is 23.2 Å². The number of nitrogens with two attached hydrogens (primary N) is 1. The monoisotopic (exact) mass is 410 g/mol. The van der Waals surface area contributed by atoms with E-state index in [-0.39, 0.29) is 12.5 Å². The van der Waals surface area contributed by atoms with Crippen LogP contribution in [-0.2, 0) is 16.0 Å². The molecule has 0 spiro atoms. The summed E-state index contributed by atoms with van der Waals surface area (Å²) in [6.45, 7) is 0.943. The molecule has 0 radical (unpaired) electrons. The Labute approximate surface area is 167 Å². The van der Waals surface area contributed by atoms with E-state index in [2.05, 4.69) is 5.32 Å². The molecule has 0 aromatic heterocycles. The molecule has 0 amide bonds. The van der Waals surface area contributed by atoms with Crippen LogP contribution in [0.1, 0.15) is 18.4 Å². The van der Waals surface area contributed by atoms with E-state index < -0.39 is 11.9 Å². The van der Waals surface area contributed by atoms with E-state index in [0.717, 1.165) is 19.4 Å². The number of nitrogens with one attached hydrogen (secondary N) is 1. The number of para-hydroxylation sites is 2. The van der Waals surface area contributed by atoms with Crippen molar-refractivity contribution >= 4 is 46.5 Å². The van der Waals surface area contributed by atoms with Gasteiger partial charge in [-0.25, -0.2) is 0 Å². The van der Waals surface area contributed by atoms with Gasteiger partial charge in [-0.05, 0) is 23.8 Å². The average Bonchev–Trinajstić information content (AvgIpc) is 3.15. The molecule has 6 nitrogen and oxygen atoms in total. The van der Waals surface area contributed by atoms with Crippen LogP contribution in [-0.4, -0.2) is 29.6 Å². The molecule has 2 aromatic rings. The van der Waals surface area contributed by atoms with Crippen LogP contribution in [0.2, 0.25) is 10.0 Å². The average molecular weight is 411 g/mol. The summed E-state index contributed by atoms with van der Waals surface area (Å²) in [7, 11) is 0. The standard InChI is InChI=1S/C14H11Cl2NO2.C5H9NO2/c15-10-5-3-6-11(16)14(10)17-12-7-2-1-4-9(12)8-13(18)19;7-5(8)4-2-1-3-6-4/h1-7,17H,8H2,(H,18,19);4,6H,1-3H2,(H,7,8)/t;4-/m.0/s1. The van der Waals surface area contributed by atoms with Gasteiger partial charge in [0.1, 0.15) is 6.04 Å². The second-order valence-corrected chi connectivity index (χ2v) is 6.86. The lowest BCUT2D eigenvalue weighted by Gasteiger charge is -2.13. The van der Waals surface area contributed by atoms with E-state index in [1.165, 1.54) is 0 Å². The molecular weight excluding hydrogens is 391 g/mol. The van der Waals surface area contributed by atoms with Crippen molar-refractivity contribution < 1.29 is 25.1 Å². The molecule has 3 rings (SSSR count). The topological polar surface area (TPSA) is 106 Å². The van der Waals surface area contributed by atoms with Gasteiger partial charge in [0.05, 0.1) is 34.7 Å². The van der Waals surface area contributed by atoms with Crippen molar-refractivity contribution in [1.29, 1.82) is 0 Å². The highest BCUT2D eigenvalue weighted by Crippen LogP contribution is 2.33. The molecule has 1 aliphatic rings. The van der Waals surface area contributed by atoms with Gasteiger partial charge in [0, 0.05) is 18.5 Å². The van der Waals surface area contributed by atoms with Gasteiger partial charge in [0.25, 0.3) is 0 Å². The van der Waals surface area contributed by atoms with Crippen molar-refractivity contribution in [2.45, 2.75) is 25.3 Å². The van der Waals surface area contributed by atoms with Crippen LogP contribution < -0.4 is 15.7 Å². The van der Waals surface area contributed by atoms with Crippen molar-refractivity contribution in [2.75, 3.05) is 11.9 Å². The minimum atomic E-state index is -0.914. The first-order chi connectivity index (χ1) is 12.9. The molecule has 0 unspecified atom stereocenters. The van der Waals surface area contributed by atoms with Crippen molar-refractivity contribution in [2.24, 2.45) is 0 Å². The van der Waals surface area contributed by atoms with Crippen molar-refractivity contribution in [3.63, 3.8) is 0 Å². The number of hydrogen-bond donors (Lipinski definition) is 3.